The zero-order valence-electron chi connectivity index (χ0n) is 7.55. The molecule has 0 saturated heterocycles. The first-order valence-electron chi connectivity index (χ1n) is 4.23. The Bertz CT molecular complexity index is 246. The highest BCUT2D eigenvalue weighted by Gasteiger charge is 2.85. The minimum atomic E-state index is -3.14. The summed E-state index contributed by atoms with van der Waals surface area (Å²) >= 11 is 0. The first-order valence-corrected chi connectivity index (χ1v) is 4.23. The van der Waals surface area contributed by atoms with Gasteiger partial charge in [-0.3, -0.25) is 0 Å². The van der Waals surface area contributed by atoms with E-state index in [1.54, 1.807) is 6.92 Å². The Balaban J connectivity index is 2.45. The van der Waals surface area contributed by atoms with Crippen LogP contribution in [0.25, 0.3) is 0 Å². The number of rotatable bonds is 0. The van der Waals surface area contributed by atoms with Crippen LogP contribution in [0, 0.1) is 10.8 Å². The number of fused-ring (bicyclic) bond motifs is 1. The molecule has 0 nitrogen and oxygen atoms in total. The van der Waals surface area contributed by atoms with Crippen molar-refractivity contribution in [3.63, 3.8) is 0 Å². The normalized spacial score (nSPS) is 61.5. The molecule has 0 N–H and O–H groups in total. The fourth-order valence-corrected chi connectivity index (χ4v) is 2.90. The third-order valence-electron chi connectivity index (χ3n) is 4.02. The van der Waals surface area contributed by atoms with Crippen molar-refractivity contribution < 1.29 is 13.2 Å². The average molecular weight is 178 g/mol. The van der Waals surface area contributed by atoms with Crippen molar-refractivity contribution >= 4 is 0 Å². The summed E-state index contributed by atoms with van der Waals surface area (Å²) in [6, 6.07) is 0. The molecule has 0 heterocycles. The maximum absolute atomic E-state index is 13.4. The molecule has 70 valence electrons. The van der Waals surface area contributed by atoms with Crippen molar-refractivity contribution in [2.45, 2.75) is 45.2 Å². The Kier molecular flexibility index (Phi) is 1.09. The third-order valence-corrected chi connectivity index (χ3v) is 4.02. The minimum absolute atomic E-state index is 0.00347. The molecule has 3 unspecified atom stereocenters. The molecule has 0 aromatic rings. The van der Waals surface area contributed by atoms with Crippen molar-refractivity contribution in [1.82, 2.24) is 0 Å². The van der Waals surface area contributed by atoms with E-state index in [-0.39, 0.29) is 6.42 Å². The molecule has 0 amide bonds. The van der Waals surface area contributed by atoms with Crippen LogP contribution in [0.15, 0.2) is 0 Å². The van der Waals surface area contributed by atoms with E-state index in [4.69, 9.17) is 0 Å². The molecule has 12 heavy (non-hydrogen) atoms. The van der Waals surface area contributed by atoms with Gasteiger partial charge < -0.3 is 0 Å². The highest BCUT2D eigenvalue weighted by atomic mass is 19.3. The Labute approximate surface area is 70.1 Å². The maximum atomic E-state index is 13.4. The molecular weight excluding hydrogens is 165 g/mol. The predicted molar refractivity (Wildman–Crippen MR) is 39.9 cm³/mol. The number of halogens is 3. The first-order chi connectivity index (χ1) is 5.16. The van der Waals surface area contributed by atoms with Gasteiger partial charge in [0.15, 0.2) is 5.67 Å². The van der Waals surface area contributed by atoms with E-state index in [1.165, 1.54) is 6.92 Å². The van der Waals surface area contributed by atoms with Gasteiger partial charge in [-0.15, -0.1) is 0 Å². The lowest BCUT2D eigenvalue weighted by Crippen LogP contribution is -2.43. The summed E-state index contributed by atoms with van der Waals surface area (Å²) in [6.45, 7) is 4.28. The topological polar surface area (TPSA) is 0 Å². The molecule has 3 heteroatoms. The first kappa shape index (κ1) is 8.39. The zero-order chi connectivity index (χ0) is 9.41. The van der Waals surface area contributed by atoms with Crippen molar-refractivity contribution in [2.24, 2.45) is 10.8 Å². The van der Waals surface area contributed by atoms with Gasteiger partial charge in [-0.25, -0.2) is 13.2 Å². The van der Waals surface area contributed by atoms with Crippen LogP contribution in [0.2, 0.25) is 0 Å². The van der Waals surface area contributed by atoms with E-state index >= 15 is 0 Å². The lowest BCUT2D eigenvalue weighted by molar-refractivity contribution is -0.151. The molecule has 0 aromatic carbocycles. The Morgan fingerprint density at radius 3 is 1.58 bits per heavy atom. The quantitative estimate of drug-likeness (QED) is 0.534. The SMILES string of the molecule is CC1(F)CC2(C)CC2(C)C1(F)F. The molecular formula is C9H13F3. The van der Waals surface area contributed by atoms with Gasteiger partial charge in [-0.1, -0.05) is 13.8 Å². The molecule has 2 aliphatic carbocycles. The van der Waals surface area contributed by atoms with Gasteiger partial charge in [0.2, 0.25) is 0 Å². The average Bonchev–Trinajstić information content (AvgIpc) is 2.29. The third kappa shape index (κ3) is 0.559. The fraction of sp³-hybridized carbons (Fsp3) is 1.00. The van der Waals surface area contributed by atoms with Gasteiger partial charge in [-0.2, -0.15) is 0 Å². The van der Waals surface area contributed by atoms with Crippen LogP contribution in [-0.4, -0.2) is 11.6 Å². The van der Waals surface area contributed by atoms with Gasteiger partial charge in [0.05, 0.1) is 0 Å². The molecule has 0 spiro atoms. The lowest BCUT2D eigenvalue weighted by Gasteiger charge is -2.29. The Hall–Kier alpha value is -0.210. The van der Waals surface area contributed by atoms with Crippen LogP contribution >= 0.6 is 0 Å². The monoisotopic (exact) mass is 178 g/mol. The zero-order valence-corrected chi connectivity index (χ0v) is 7.55. The van der Waals surface area contributed by atoms with Crippen LogP contribution in [0.4, 0.5) is 13.2 Å². The second-order valence-corrected chi connectivity index (χ2v) is 5.02. The molecule has 0 aromatic heterocycles. The van der Waals surface area contributed by atoms with Crippen molar-refractivity contribution in [2.75, 3.05) is 0 Å². The van der Waals surface area contributed by atoms with E-state index in [2.05, 4.69) is 0 Å². The minimum Gasteiger partial charge on any atom is -0.238 e. The van der Waals surface area contributed by atoms with Crippen LogP contribution < -0.4 is 0 Å². The van der Waals surface area contributed by atoms with Gasteiger partial charge in [0, 0.05) is 5.41 Å². The molecule has 3 atom stereocenters. The van der Waals surface area contributed by atoms with Crippen LogP contribution in [-0.2, 0) is 0 Å². The van der Waals surface area contributed by atoms with Gasteiger partial charge in [0.25, 0.3) is 5.92 Å². The number of alkyl halides is 3. The van der Waals surface area contributed by atoms with Crippen LogP contribution in [0.1, 0.15) is 33.6 Å². The highest BCUT2D eigenvalue weighted by Crippen LogP contribution is 2.81. The Morgan fingerprint density at radius 1 is 0.917 bits per heavy atom. The predicted octanol–water partition coefficient (Wildman–Crippen LogP) is 3.17. The summed E-state index contributed by atoms with van der Waals surface area (Å²) in [4.78, 5) is 0. The van der Waals surface area contributed by atoms with E-state index in [0.29, 0.717) is 6.42 Å². The molecule has 2 fully saturated rings. The summed E-state index contributed by atoms with van der Waals surface area (Å²) < 4.78 is 40.2. The summed E-state index contributed by atoms with van der Waals surface area (Å²) in [6.07, 6.45) is 0.468. The van der Waals surface area contributed by atoms with Gasteiger partial charge >= 0.3 is 0 Å². The van der Waals surface area contributed by atoms with Crippen LogP contribution in [0.3, 0.4) is 0 Å². The van der Waals surface area contributed by atoms with E-state index in [9.17, 15) is 13.2 Å². The van der Waals surface area contributed by atoms with Crippen LogP contribution in [0.5, 0.6) is 0 Å². The highest BCUT2D eigenvalue weighted by molar-refractivity contribution is 5.28. The smallest absolute Gasteiger partial charge is 0.238 e. The van der Waals surface area contributed by atoms with Crippen molar-refractivity contribution in [1.29, 1.82) is 0 Å². The van der Waals surface area contributed by atoms with Crippen molar-refractivity contribution in [3.8, 4) is 0 Å². The van der Waals surface area contributed by atoms with E-state index < -0.39 is 22.4 Å². The van der Waals surface area contributed by atoms with Crippen molar-refractivity contribution in [3.05, 3.63) is 0 Å². The van der Waals surface area contributed by atoms with E-state index in [0.717, 1.165) is 6.92 Å². The lowest BCUT2D eigenvalue weighted by atomic mass is 9.92. The maximum Gasteiger partial charge on any atom is 0.286 e. The molecule has 2 rings (SSSR count). The second kappa shape index (κ2) is 1.55. The standard InChI is InChI=1S/C9H13F3/c1-6-4-7(6,2)9(11,12)8(3,10)5-6/h4-5H2,1-3H3. The summed E-state index contributed by atoms with van der Waals surface area (Å²) in [5, 5.41) is 0. The van der Waals surface area contributed by atoms with Gasteiger partial charge in [-0.05, 0) is 25.2 Å². The largest absolute Gasteiger partial charge is 0.286 e. The Morgan fingerprint density at radius 2 is 1.42 bits per heavy atom. The number of hydrogen-bond donors (Lipinski definition) is 0. The fourth-order valence-electron chi connectivity index (χ4n) is 2.90. The van der Waals surface area contributed by atoms with E-state index in [1.807, 2.05) is 0 Å². The molecule has 0 aliphatic heterocycles. The summed E-state index contributed by atoms with van der Waals surface area (Å²) in [5.74, 6) is -3.14. The molecule has 2 saturated carbocycles. The summed E-state index contributed by atoms with van der Waals surface area (Å²) in [5.41, 5.74) is -3.84. The molecule has 0 bridgehead atoms. The molecule has 0 radical (unpaired) electrons. The molecule has 2 aliphatic rings. The number of hydrogen-bond acceptors (Lipinski definition) is 0. The van der Waals surface area contributed by atoms with Gasteiger partial charge in [0.1, 0.15) is 0 Å². The summed E-state index contributed by atoms with van der Waals surface area (Å²) in [7, 11) is 0. The second-order valence-electron chi connectivity index (χ2n) is 5.02.